The summed E-state index contributed by atoms with van der Waals surface area (Å²) in [6.07, 6.45) is 0.658. The molecule has 2 aromatic rings. The molecule has 28 heavy (non-hydrogen) atoms. The molecule has 1 unspecified atom stereocenters. The maximum absolute atomic E-state index is 12.3. The number of ether oxygens (including phenoxy) is 1. The van der Waals surface area contributed by atoms with Crippen molar-refractivity contribution in [3.05, 3.63) is 59.5 Å². The van der Waals surface area contributed by atoms with E-state index >= 15 is 0 Å². The van der Waals surface area contributed by atoms with E-state index in [-0.39, 0.29) is 30.7 Å². The summed E-state index contributed by atoms with van der Waals surface area (Å²) in [7, 11) is 0. The Hall–Kier alpha value is -2.74. The first-order valence-electron chi connectivity index (χ1n) is 9.00. The molecule has 0 bridgehead atoms. The molecule has 1 aliphatic heterocycles. The summed E-state index contributed by atoms with van der Waals surface area (Å²) in [6.45, 7) is 0.529. The fraction of sp³-hybridized carbons (Fsp3) is 0.350. The van der Waals surface area contributed by atoms with Gasteiger partial charge >= 0.3 is 5.97 Å². The minimum atomic E-state index is -0.438. The number of amides is 2. The highest BCUT2D eigenvalue weighted by molar-refractivity contribution is 8.00. The quantitative estimate of drug-likeness (QED) is 0.647. The molecule has 1 aliphatic rings. The predicted molar refractivity (Wildman–Crippen MR) is 104 cm³/mol. The highest BCUT2D eigenvalue weighted by Crippen LogP contribution is 2.40. The van der Waals surface area contributed by atoms with Crippen LogP contribution < -0.4 is 5.73 Å². The van der Waals surface area contributed by atoms with Gasteiger partial charge < -0.3 is 19.8 Å². The zero-order valence-corrected chi connectivity index (χ0v) is 16.2. The summed E-state index contributed by atoms with van der Waals surface area (Å²) in [6, 6.07) is 13.4. The number of furan rings is 1. The third kappa shape index (κ3) is 5.39. The minimum Gasteiger partial charge on any atom is -0.459 e. The SMILES string of the molecule is NC(=O)CCCC(=O)OCc1ccc(C2SCC(=O)N2Cc2ccccc2)o1. The van der Waals surface area contributed by atoms with Crippen LogP contribution in [0.25, 0.3) is 0 Å². The standard InChI is InChI=1S/C20H22N2O5S/c21-17(23)7-4-8-19(25)26-12-15-9-10-16(27-15)20-22(18(24)13-28-20)11-14-5-2-1-3-6-14/h1-3,5-6,9-10,20H,4,7-8,11-13H2,(H2,21,23). The van der Waals surface area contributed by atoms with Crippen LogP contribution in [0.3, 0.4) is 0 Å². The molecule has 1 aromatic carbocycles. The first kappa shape index (κ1) is 20.0. The van der Waals surface area contributed by atoms with E-state index in [4.69, 9.17) is 14.9 Å². The van der Waals surface area contributed by atoms with Gasteiger partial charge in [0.2, 0.25) is 11.8 Å². The predicted octanol–water partition coefficient (Wildman–Crippen LogP) is 2.75. The van der Waals surface area contributed by atoms with Gasteiger partial charge in [-0.1, -0.05) is 30.3 Å². The second kappa shape index (κ2) is 9.45. The first-order chi connectivity index (χ1) is 13.5. The number of hydrogen-bond acceptors (Lipinski definition) is 6. The number of thioether (sulfide) groups is 1. The van der Waals surface area contributed by atoms with E-state index in [1.165, 1.54) is 11.8 Å². The largest absolute Gasteiger partial charge is 0.459 e. The molecule has 0 aliphatic carbocycles. The van der Waals surface area contributed by atoms with Crippen LogP contribution in [0.1, 0.15) is 41.7 Å². The van der Waals surface area contributed by atoms with Crippen molar-refractivity contribution >= 4 is 29.5 Å². The minimum absolute atomic E-state index is 0.0133. The molecule has 1 fully saturated rings. The van der Waals surface area contributed by atoms with Gasteiger partial charge in [0.1, 0.15) is 23.5 Å². The molecule has 2 heterocycles. The Labute approximate surface area is 167 Å². The first-order valence-corrected chi connectivity index (χ1v) is 10.1. The van der Waals surface area contributed by atoms with Crippen molar-refractivity contribution in [2.75, 3.05) is 5.75 Å². The monoisotopic (exact) mass is 402 g/mol. The van der Waals surface area contributed by atoms with Crippen LogP contribution in [0.5, 0.6) is 0 Å². The van der Waals surface area contributed by atoms with E-state index in [0.29, 0.717) is 30.2 Å². The van der Waals surface area contributed by atoms with Crippen molar-refractivity contribution in [1.29, 1.82) is 0 Å². The van der Waals surface area contributed by atoms with Crippen molar-refractivity contribution in [3.63, 3.8) is 0 Å². The van der Waals surface area contributed by atoms with E-state index < -0.39 is 11.9 Å². The number of hydrogen-bond donors (Lipinski definition) is 1. The molecule has 0 saturated carbocycles. The summed E-state index contributed by atoms with van der Waals surface area (Å²) < 4.78 is 11.0. The lowest BCUT2D eigenvalue weighted by Crippen LogP contribution is -2.27. The third-order valence-electron chi connectivity index (χ3n) is 4.27. The van der Waals surface area contributed by atoms with Crippen molar-refractivity contribution < 1.29 is 23.5 Å². The summed E-state index contributed by atoms with van der Waals surface area (Å²) in [4.78, 5) is 36.4. The van der Waals surface area contributed by atoms with Crippen molar-refractivity contribution in [1.82, 2.24) is 4.90 Å². The zero-order chi connectivity index (χ0) is 19.9. The van der Waals surface area contributed by atoms with Crippen molar-refractivity contribution in [2.24, 2.45) is 5.73 Å². The number of primary amides is 1. The Morgan fingerprint density at radius 2 is 1.96 bits per heavy atom. The summed E-state index contributed by atoms with van der Waals surface area (Å²) in [5.41, 5.74) is 6.10. The van der Waals surface area contributed by atoms with E-state index in [2.05, 4.69) is 0 Å². The molecule has 1 aromatic heterocycles. The number of carbonyl (C=O) groups excluding carboxylic acids is 3. The zero-order valence-electron chi connectivity index (χ0n) is 15.3. The summed E-state index contributed by atoms with van der Waals surface area (Å²) in [5.74, 6) is 0.798. The Morgan fingerprint density at radius 3 is 2.71 bits per heavy atom. The van der Waals surface area contributed by atoms with Gasteiger partial charge in [0, 0.05) is 19.4 Å². The topological polar surface area (TPSA) is 103 Å². The average molecular weight is 402 g/mol. The van der Waals surface area contributed by atoms with Gasteiger partial charge in [-0.25, -0.2) is 0 Å². The van der Waals surface area contributed by atoms with Gasteiger partial charge in [-0.2, -0.15) is 0 Å². The van der Waals surface area contributed by atoms with E-state index in [9.17, 15) is 14.4 Å². The molecule has 3 rings (SSSR count). The fourth-order valence-electron chi connectivity index (χ4n) is 2.88. The Balaban J connectivity index is 1.55. The molecule has 1 saturated heterocycles. The van der Waals surface area contributed by atoms with Gasteiger partial charge in [-0.3, -0.25) is 14.4 Å². The van der Waals surface area contributed by atoms with Crippen LogP contribution in [-0.4, -0.2) is 28.4 Å². The summed E-state index contributed by atoms with van der Waals surface area (Å²) in [5, 5.41) is -0.201. The molecular weight excluding hydrogens is 380 g/mol. The molecule has 148 valence electrons. The van der Waals surface area contributed by atoms with E-state index in [1.807, 2.05) is 36.4 Å². The van der Waals surface area contributed by atoms with Gasteiger partial charge in [-0.15, -0.1) is 11.8 Å². The Morgan fingerprint density at radius 1 is 1.18 bits per heavy atom. The molecular formula is C20H22N2O5S. The van der Waals surface area contributed by atoms with Gasteiger partial charge in [0.05, 0.1) is 5.75 Å². The molecule has 0 radical (unpaired) electrons. The highest BCUT2D eigenvalue weighted by Gasteiger charge is 2.34. The van der Waals surface area contributed by atoms with Crippen LogP contribution in [0.2, 0.25) is 0 Å². The number of benzene rings is 1. The van der Waals surface area contributed by atoms with Crippen LogP contribution >= 0.6 is 11.8 Å². The fourth-order valence-corrected chi connectivity index (χ4v) is 4.01. The highest BCUT2D eigenvalue weighted by atomic mass is 32.2. The maximum atomic E-state index is 12.3. The molecule has 8 heteroatoms. The van der Waals surface area contributed by atoms with Gasteiger partial charge in [-0.05, 0) is 24.1 Å². The maximum Gasteiger partial charge on any atom is 0.306 e. The lowest BCUT2D eigenvalue weighted by Gasteiger charge is -2.22. The number of nitrogens with two attached hydrogens (primary N) is 1. The number of carbonyl (C=O) groups is 3. The summed E-state index contributed by atoms with van der Waals surface area (Å²) >= 11 is 1.51. The molecule has 2 N–H and O–H groups in total. The normalized spacial score (nSPS) is 16.4. The van der Waals surface area contributed by atoms with E-state index in [1.54, 1.807) is 11.0 Å². The molecule has 2 amide bonds. The Bertz CT molecular complexity index is 836. The van der Waals surface area contributed by atoms with Gasteiger partial charge in [0.25, 0.3) is 0 Å². The second-order valence-electron chi connectivity index (χ2n) is 6.46. The van der Waals surface area contributed by atoms with Crippen LogP contribution in [-0.2, 0) is 32.3 Å². The lowest BCUT2D eigenvalue weighted by atomic mass is 10.2. The van der Waals surface area contributed by atoms with Crippen LogP contribution in [0, 0.1) is 0 Å². The van der Waals surface area contributed by atoms with Crippen LogP contribution in [0.4, 0.5) is 0 Å². The molecule has 1 atom stereocenters. The average Bonchev–Trinajstić information content (AvgIpc) is 3.28. The molecule has 7 nitrogen and oxygen atoms in total. The third-order valence-corrected chi connectivity index (χ3v) is 5.49. The smallest absolute Gasteiger partial charge is 0.306 e. The Kier molecular flexibility index (Phi) is 6.76. The second-order valence-corrected chi connectivity index (χ2v) is 7.52. The van der Waals surface area contributed by atoms with E-state index in [0.717, 1.165) is 5.56 Å². The van der Waals surface area contributed by atoms with Crippen LogP contribution in [0.15, 0.2) is 46.9 Å². The number of esters is 1. The van der Waals surface area contributed by atoms with Crippen molar-refractivity contribution in [2.45, 2.75) is 37.8 Å². The molecule has 0 spiro atoms. The number of rotatable bonds is 9. The number of nitrogens with zero attached hydrogens (tertiary/aromatic N) is 1. The lowest BCUT2D eigenvalue weighted by molar-refractivity contribution is -0.145. The van der Waals surface area contributed by atoms with Gasteiger partial charge in [0.15, 0.2) is 0 Å². The van der Waals surface area contributed by atoms with Crippen molar-refractivity contribution in [3.8, 4) is 0 Å².